The molecular formula is C5HCl6N. The van der Waals surface area contributed by atoms with Crippen LogP contribution in [0.1, 0.15) is 0 Å². The van der Waals surface area contributed by atoms with Gasteiger partial charge >= 0.3 is 0 Å². The predicted octanol–water partition coefficient (Wildman–Crippen LogP) is 0.772. The standard InChI is InChI=1S/C5Cl5N.ClH/c6-1-2(7)4(9)11-5(10)3(1)8;/h;1H. The first-order valence-electron chi connectivity index (χ1n) is 2.44. The molecule has 0 aromatic carbocycles. The van der Waals surface area contributed by atoms with Gasteiger partial charge in [-0.3, -0.25) is 0 Å². The third-order valence-electron chi connectivity index (χ3n) is 0.990. The van der Waals surface area contributed by atoms with Gasteiger partial charge in [-0.15, -0.1) is 0 Å². The summed E-state index contributed by atoms with van der Waals surface area (Å²) in [6, 6.07) is 0. The van der Waals surface area contributed by atoms with Gasteiger partial charge in [0.05, 0.1) is 5.02 Å². The second-order valence-electron chi connectivity index (χ2n) is 1.69. The largest absolute Gasteiger partial charge is 1.00 e. The van der Waals surface area contributed by atoms with Crippen molar-refractivity contribution in [3.63, 3.8) is 0 Å². The van der Waals surface area contributed by atoms with Crippen molar-refractivity contribution in [2.24, 2.45) is 0 Å². The van der Waals surface area contributed by atoms with E-state index in [0.29, 0.717) is 0 Å². The van der Waals surface area contributed by atoms with Gasteiger partial charge in [-0.2, -0.15) is 4.98 Å². The van der Waals surface area contributed by atoms with Gasteiger partial charge in [0, 0.05) is 0 Å². The second-order valence-corrected chi connectivity index (χ2v) is 3.58. The maximum Gasteiger partial charge on any atom is 0.294 e. The van der Waals surface area contributed by atoms with Crippen LogP contribution in [-0.2, 0) is 0 Å². The highest BCUT2D eigenvalue weighted by Crippen LogP contribution is 2.35. The van der Waals surface area contributed by atoms with Gasteiger partial charge in [0.2, 0.25) is 0 Å². The lowest BCUT2D eigenvalue weighted by Crippen LogP contribution is -3.00. The van der Waals surface area contributed by atoms with Crippen LogP contribution in [0.15, 0.2) is 0 Å². The minimum absolute atomic E-state index is 0. The van der Waals surface area contributed by atoms with Crippen LogP contribution in [0, 0.1) is 0 Å². The van der Waals surface area contributed by atoms with Gasteiger partial charge in [0.15, 0.2) is 0 Å². The molecule has 7 heteroatoms. The molecule has 68 valence electrons. The van der Waals surface area contributed by atoms with Gasteiger partial charge in [0.25, 0.3) is 10.3 Å². The molecule has 0 aliphatic heterocycles. The molecule has 0 fully saturated rings. The Morgan fingerprint density at radius 1 is 0.667 bits per heavy atom. The molecule has 1 nitrogen and oxygen atoms in total. The monoisotopic (exact) mass is 285 g/mol. The Morgan fingerprint density at radius 2 is 1.00 bits per heavy atom. The van der Waals surface area contributed by atoms with Crippen LogP contribution in [0.3, 0.4) is 0 Å². The van der Waals surface area contributed by atoms with Gasteiger partial charge in [-0.25, -0.2) is 0 Å². The lowest BCUT2D eigenvalue weighted by molar-refractivity contribution is -0.372. The average Bonchev–Trinajstić information content (AvgIpc) is 1.97. The van der Waals surface area contributed by atoms with E-state index in [1.807, 2.05) is 0 Å². The number of nitrogens with one attached hydrogen (secondary N) is 1. The zero-order chi connectivity index (χ0) is 8.59. The van der Waals surface area contributed by atoms with Crippen molar-refractivity contribution in [1.82, 2.24) is 0 Å². The van der Waals surface area contributed by atoms with Crippen molar-refractivity contribution in [1.29, 1.82) is 0 Å². The Labute approximate surface area is 100 Å². The highest BCUT2D eigenvalue weighted by Gasteiger charge is 2.18. The summed E-state index contributed by atoms with van der Waals surface area (Å²) in [5.74, 6) is 0. The molecule has 0 atom stereocenters. The zero-order valence-electron chi connectivity index (χ0n) is 5.27. The van der Waals surface area contributed by atoms with Gasteiger partial charge < -0.3 is 12.4 Å². The van der Waals surface area contributed by atoms with E-state index < -0.39 is 0 Å². The van der Waals surface area contributed by atoms with Crippen LogP contribution in [0.4, 0.5) is 0 Å². The number of hydrogen-bond donors (Lipinski definition) is 0. The van der Waals surface area contributed by atoms with Crippen LogP contribution in [0.5, 0.6) is 0 Å². The highest BCUT2D eigenvalue weighted by atomic mass is 35.5. The maximum atomic E-state index is 5.64. The van der Waals surface area contributed by atoms with Crippen molar-refractivity contribution in [3.05, 3.63) is 25.4 Å². The second kappa shape index (κ2) is 4.94. The first kappa shape index (κ1) is 12.9. The number of H-pyrrole nitrogens is 1. The van der Waals surface area contributed by atoms with Crippen molar-refractivity contribution >= 4 is 58.0 Å². The number of rotatable bonds is 0. The summed E-state index contributed by atoms with van der Waals surface area (Å²) in [6.45, 7) is 0. The average molecular weight is 288 g/mol. The molecular weight excluding hydrogens is 287 g/mol. The van der Waals surface area contributed by atoms with Crippen molar-refractivity contribution in [2.45, 2.75) is 0 Å². The van der Waals surface area contributed by atoms with Gasteiger partial charge in [-0.1, -0.05) is 34.8 Å². The Balaban J connectivity index is 0.00000121. The predicted molar refractivity (Wildman–Crippen MR) is 48.0 cm³/mol. The maximum absolute atomic E-state index is 5.64. The molecule has 1 rings (SSSR count). The van der Waals surface area contributed by atoms with Crippen molar-refractivity contribution < 1.29 is 17.4 Å². The number of hydrogen-bond acceptors (Lipinski definition) is 0. The van der Waals surface area contributed by atoms with E-state index in [0.717, 1.165) is 0 Å². The summed E-state index contributed by atoms with van der Waals surface area (Å²) in [5.41, 5.74) is 0. The van der Waals surface area contributed by atoms with Crippen LogP contribution < -0.4 is 17.4 Å². The Morgan fingerprint density at radius 3 is 1.33 bits per heavy atom. The van der Waals surface area contributed by atoms with E-state index in [1.54, 1.807) is 0 Å². The summed E-state index contributed by atoms with van der Waals surface area (Å²) >= 11 is 28.0. The molecule has 0 aliphatic carbocycles. The summed E-state index contributed by atoms with van der Waals surface area (Å²) in [7, 11) is 0. The van der Waals surface area contributed by atoms with Crippen LogP contribution >= 0.6 is 58.0 Å². The number of halogens is 6. The van der Waals surface area contributed by atoms with Gasteiger partial charge in [-0.05, 0) is 23.2 Å². The fourth-order valence-electron chi connectivity index (χ4n) is 0.495. The molecule has 0 spiro atoms. The van der Waals surface area contributed by atoms with Crippen molar-refractivity contribution in [2.75, 3.05) is 0 Å². The smallest absolute Gasteiger partial charge is 0.294 e. The number of aromatic nitrogens is 1. The van der Waals surface area contributed by atoms with E-state index in [2.05, 4.69) is 4.98 Å². The zero-order valence-corrected chi connectivity index (χ0v) is 9.80. The third-order valence-corrected chi connectivity index (χ3v) is 3.08. The minimum Gasteiger partial charge on any atom is -1.00 e. The summed E-state index contributed by atoms with van der Waals surface area (Å²) in [4.78, 5) is 2.53. The summed E-state index contributed by atoms with van der Waals surface area (Å²) in [5, 5.41) is 0.838. The number of pyridine rings is 1. The molecule has 1 aromatic heterocycles. The SMILES string of the molecule is Clc1[nH+]c(Cl)c(Cl)c(Cl)c1Cl.[Cl-]. The molecule has 1 N–H and O–H groups in total. The first-order valence-corrected chi connectivity index (χ1v) is 4.33. The van der Waals surface area contributed by atoms with Crippen LogP contribution in [0.2, 0.25) is 25.4 Å². The minimum atomic E-state index is 0. The lowest BCUT2D eigenvalue weighted by Gasteiger charge is -1.95. The molecule has 0 bridgehead atoms. The molecule has 0 saturated carbocycles. The normalized spacial score (nSPS) is 9.42. The molecule has 1 heterocycles. The van der Waals surface area contributed by atoms with E-state index >= 15 is 0 Å². The lowest BCUT2D eigenvalue weighted by atomic mass is 10.5. The third kappa shape index (κ3) is 2.44. The Hall–Kier alpha value is 0.890. The van der Waals surface area contributed by atoms with E-state index in [4.69, 9.17) is 58.0 Å². The quantitative estimate of drug-likeness (QED) is 0.626. The summed E-state index contributed by atoms with van der Waals surface area (Å²) < 4.78 is 0. The molecule has 1 aromatic rings. The Kier molecular flexibility index (Phi) is 5.31. The van der Waals surface area contributed by atoms with Gasteiger partial charge in [0.1, 0.15) is 10.0 Å². The number of aromatic amines is 1. The first-order chi connectivity index (χ1) is 5.04. The molecule has 0 radical (unpaired) electrons. The van der Waals surface area contributed by atoms with Crippen LogP contribution in [0.25, 0.3) is 0 Å². The molecule has 0 unspecified atom stereocenters. The van der Waals surface area contributed by atoms with E-state index in [1.165, 1.54) is 0 Å². The molecule has 0 saturated heterocycles. The highest BCUT2D eigenvalue weighted by molar-refractivity contribution is 6.53. The molecule has 0 amide bonds. The molecule has 0 aliphatic rings. The topological polar surface area (TPSA) is 14.1 Å². The fraction of sp³-hybridized carbons (Fsp3) is 0. The summed E-state index contributed by atoms with van der Waals surface area (Å²) in [6.07, 6.45) is 0. The molecule has 12 heavy (non-hydrogen) atoms. The fourth-order valence-corrected chi connectivity index (χ4v) is 1.54. The van der Waals surface area contributed by atoms with Crippen molar-refractivity contribution in [3.8, 4) is 0 Å². The Bertz CT molecular complexity index is 272. The van der Waals surface area contributed by atoms with E-state index in [9.17, 15) is 0 Å². The van der Waals surface area contributed by atoms with Crippen LogP contribution in [-0.4, -0.2) is 0 Å². The van der Waals surface area contributed by atoms with E-state index in [-0.39, 0.29) is 37.8 Å².